The Balaban J connectivity index is 4.37. The summed E-state index contributed by atoms with van der Waals surface area (Å²) in [5.41, 5.74) is -16.9. The van der Waals surface area contributed by atoms with Gasteiger partial charge in [-0.1, -0.05) is 0 Å². The zero-order chi connectivity index (χ0) is 30.3. The first-order valence-electron chi connectivity index (χ1n) is 7.88. The van der Waals surface area contributed by atoms with Crippen molar-refractivity contribution in [3.63, 3.8) is 0 Å². The Kier molecular flexibility index (Phi) is 7.23. The van der Waals surface area contributed by atoms with E-state index in [9.17, 15) is 96.6 Å². The molecule has 0 saturated carbocycles. The van der Waals surface area contributed by atoms with E-state index in [4.69, 9.17) is 0 Å². The third-order valence-corrected chi connectivity index (χ3v) is 4.37. The van der Waals surface area contributed by atoms with Crippen molar-refractivity contribution in [3.8, 4) is 0 Å². The topological polar surface area (TPSA) is 18.5 Å². The minimum Gasteiger partial charge on any atom is -0.309 e. The third-order valence-electron chi connectivity index (χ3n) is 4.37. The van der Waals surface area contributed by atoms with Crippen LogP contribution in [-0.4, -0.2) is 65.9 Å². The van der Waals surface area contributed by atoms with Crippen LogP contribution in [0.1, 0.15) is 0 Å². The molecular weight excluding hydrogens is 606 g/mol. The maximum atomic E-state index is 14.2. The summed E-state index contributed by atoms with van der Waals surface area (Å²) in [5, 5.41) is 0. The molecule has 0 N–H and O–H groups in total. The van der Waals surface area contributed by atoms with Crippen LogP contribution >= 0.6 is 0 Å². The summed E-state index contributed by atoms with van der Waals surface area (Å²) in [7, 11) is 0. The molecular formula is C13H2F22O2. The Hall–Kier alpha value is -1.88. The van der Waals surface area contributed by atoms with Gasteiger partial charge in [-0.2, -0.15) is 96.6 Å². The van der Waals surface area contributed by atoms with E-state index in [0.29, 0.717) is 0 Å². The Morgan fingerprint density at radius 2 is 0.595 bits per heavy atom. The molecule has 1 aliphatic rings. The molecule has 0 atom stereocenters. The van der Waals surface area contributed by atoms with E-state index in [0.717, 1.165) is 0 Å². The molecule has 0 spiro atoms. The fourth-order valence-electron chi connectivity index (χ4n) is 2.64. The second kappa shape index (κ2) is 8.07. The van der Waals surface area contributed by atoms with Gasteiger partial charge in [0.05, 0.1) is 0 Å². The van der Waals surface area contributed by atoms with Crippen LogP contribution in [-0.2, 0) is 9.47 Å². The van der Waals surface area contributed by atoms with Crippen LogP contribution in [0.25, 0.3) is 0 Å². The van der Waals surface area contributed by atoms with Crippen molar-refractivity contribution in [3.05, 3.63) is 12.2 Å². The van der Waals surface area contributed by atoms with Crippen LogP contribution in [0.2, 0.25) is 0 Å². The Labute approximate surface area is 185 Å². The highest BCUT2D eigenvalue weighted by Gasteiger charge is 2.94. The molecule has 0 aromatic heterocycles. The predicted molar refractivity (Wildman–Crippen MR) is 65.7 cm³/mol. The summed E-state index contributed by atoms with van der Waals surface area (Å²) >= 11 is 0. The molecule has 1 aliphatic carbocycles. The minimum absolute atomic E-state index is 1.86. The van der Waals surface area contributed by atoms with Crippen molar-refractivity contribution in [2.75, 3.05) is 0 Å². The van der Waals surface area contributed by atoms with E-state index in [2.05, 4.69) is 0 Å². The maximum absolute atomic E-state index is 14.2. The van der Waals surface area contributed by atoms with Crippen molar-refractivity contribution in [1.82, 2.24) is 0 Å². The van der Waals surface area contributed by atoms with Crippen LogP contribution in [0.3, 0.4) is 0 Å². The summed E-state index contributed by atoms with van der Waals surface area (Å²) in [5.74, 6) is -21.7. The van der Waals surface area contributed by atoms with Gasteiger partial charge in [-0.05, 0) is 12.2 Å². The Bertz CT molecular complexity index is 749. The molecule has 0 heterocycles. The first-order valence-corrected chi connectivity index (χ1v) is 7.88. The number of rotatable bonds is 4. The Morgan fingerprint density at radius 3 is 0.730 bits per heavy atom. The van der Waals surface area contributed by atoms with Crippen LogP contribution in [0.15, 0.2) is 12.2 Å². The van der Waals surface area contributed by atoms with Gasteiger partial charge in [-0.15, -0.1) is 0 Å². The lowest BCUT2D eigenvalue weighted by Crippen LogP contribution is -2.77. The first-order chi connectivity index (χ1) is 15.6. The average Bonchev–Trinajstić information content (AvgIpc) is 2.70. The zero-order valence-electron chi connectivity index (χ0n) is 15.8. The number of alkyl halides is 22. The number of halogens is 22. The van der Waals surface area contributed by atoms with E-state index in [1.54, 1.807) is 0 Å². The zero-order valence-corrected chi connectivity index (χ0v) is 15.8. The standard InChI is InChI=1S/C13H2F22O2/c14-3(15)1-2-4(7(3,16)17,36-5(8(18,19)20,9(21,22)23)10(24,25)26)37-6(11(27,28)29,12(30,31)32)13(33,34)35/h1-2H. The van der Waals surface area contributed by atoms with E-state index in [1.165, 1.54) is 0 Å². The Morgan fingerprint density at radius 1 is 0.378 bits per heavy atom. The molecule has 0 aromatic rings. The summed E-state index contributed by atoms with van der Waals surface area (Å²) in [6, 6.07) is 0. The highest BCUT2D eigenvalue weighted by molar-refractivity contribution is 5.27. The predicted octanol–water partition coefficient (Wildman–Crippen LogP) is 7.41. The second-order valence-electron chi connectivity index (χ2n) is 6.75. The molecule has 0 bridgehead atoms. The van der Waals surface area contributed by atoms with Crippen LogP contribution in [0, 0.1) is 0 Å². The van der Waals surface area contributed by atoms with Gasteiger partial charge >= 0.3 is 60.1 Å². The normalized spacial score (nSPS) is 21.5. The maximum Gasteiger partial charge on any atom is 0.435 e. The lowest BCUT2D eigenvalue weighted by Gasteiger charge is -2.49. The summed E-state index contributed by atoms with van der Waals surface area (Å²) in [4.78, 5) is 0. The van der Waals surface area contributed by atoms with Crippen molar-refractivity contribution in [2.45, 2.75) is 65.9 Å². The molecule has 0 fully saturated rings. The minimum atomic E-state index is -8.43. The van der Waals surface area contributed by atoms with Crippen LogP contribution < -0.4 is 0 Å². The molecule has 220 valence electrons. The molecule has 24 heteroatoms. The lowest BCUT2D eigenvalue weighted by molar-refractivity contribution is -0.548. The van der Waals surface area contributed by atoms with Crippen molar-refractivity contribution in [2.24, 2.45) is 0 Å². The summed E-state index contributed by atoms with van der Waals surface area (Å²) in [6.45, 7) is 0. The van der Waals surface area contributed by atoms with Crippen molar-refractivity contribution < 1.29 is 106 Å². The van der Waals surface area contributed by atoms with Crippen molar-refractivity contribution in [1.29, 1.82) is 0 Å². The highest BCUT2D eigenvalue weighted by atomic mass is 19.4. The molecule has 0 saturated heterocycles. The van der Waals surface area contributed by atoms with Gasteiger partial charge in [0, 0.05) is 0 Å². The molecule has 1 rings (SSSR count). The van der Waals surface area contributed by atoms with Gasteiger partial charge in [0.1, 0.15) is 0 Å². The quantitative estimate of drug-likeness (QED) is 0.188. The van der Waals surface area contributed by atoms with Gasteiger partial charge in [0.25, 0.3) is 5.79 Å². The van der Waals surface area contributed by atoms with Gasteiger partial charge in [0.15, 0.2) is 0 Å². The number of hydrogen-bond donors (Lipinski definition) is 0. The number of allylic oxidation sites excluding steroid dienone is 1. The van der Waals surface area contributed by atoms with E-state index >= 15 is 0 Å². The molecule has 0 amide bonds. The number of ether oxygens (including phenoxy) is 2. The van der Waals surface area contributed by atoms with E-state index < -0.39 is 78.0 Å². The van der Waals surface area contributed by atoms with Gasteiger partial charge in [-0.3, -0.25) is 0 Å². The SMILES string of the molecule is FC(F)(F)C(OC1(OC(C(F)(F)F)(C(F)(F)F)C(F)(F)F)C=CC(F)(F)C1(F)F)(C(F)(F)F)C(F)(F)F. The lowest BCUT2D eigenvalue weighted by atomic mass is 9.97. The molecule has 0 unspecified atom stereocenters. The fraction of sp³-hybridized carbons (Fsp3) is 0.846. The van der Waals surface area contributed by atoms with Crippen molar-refractivity contribution >= 4 is 0 Å². The number of hydrogen-bond acceptors (Lipinski definition) is 2. The van der Waals surface area contributed by atoms with E-state index in [1.807, 2.05) is 9.47 Å². The van der Waals surface area contributed by atoms with Gasteiger partial charge < -0.3 is 9.47 Å². The largest absolute Gasteiger partial charge is 0.435 e. The average molecular weight is 608 g/mol. The fourth-order valence-corrected chi connectivity index (χ4v) is 2.64. The monoisotopic (exact) mass is 608 g/mol. The van der Waals surface area contributed by atoms with E-state index in [-0.39, 0.29) is 0 Å². The molecule has 0 aliphatic heterocycles. The highest BCUT2D eigenvalue weighted by Crippen LogP contribution is 2.65. The smallest absolute Gasteiger partial charge is 0.309 e. The summed E-state index contributed by atoms with van der Waals surface area (Å²) < 4.78 is 293. The molecule has 0 aromatic carbocycles. The van der Waals surface area contributed by atoms with Crippen LogP contribution in [0.4, 0.5) is 96.6 Å². The molecule has 0 radical (unpaired) electrons. The third kappa shape index (κ3) is 4.43. The second-order valence-corrected chi connectivity index (χ2v) is 6.75. The van der Waals surface area contributed by atoms with Crippen LogP contribution in [0.5, 0.6) is 0 Å². The first kappa shape index (κ1) is 33.1. The van der Waals surface area contributed by atoms with Gasteiger partial charge in [0.2, 0.25) is 0 Å². The molecule has 37 heavy (non-hydrogen) atoms. The molecule has 2 nitrogen and oxygen atoms in total. The summed E-state index contributed by atoms with van der Waals surface area (Å²) in [6.07, 6.45) is -54.1. The van der Waals surface area contributed by atoms with Gasteiger partial charge in [-0.25, -0.2) is 0 Å².